The maximum atomic E-state index is 11.8. The summed E-state index contributed by atoms with van der Waals surface area (Å²) in [6.07, 6.45) is -0.219. The Bertz CT molecular complexity index is 371. The van der Waals surface area contributed by atoms with Gasteiger partial charge >= 0.3 is 6.09 Å². The van der Waals surface area contributed by atoms with Crippen LogP contribution < -0.4 is 5.32 Å². The van der Waals surface area contributed by atoms with Crippen LogP contribution >= 0.6 is 0 Å². The number of rotatable bonds is 3. The fraction of sp³-hybridized carbons (Fsp3) is 0.857. The first-order chi connectivity index (χ1) is 9.21. The maximum Gasteiger partial charge on any atom is 0.407 e. The summed E-state index contributed by atoms with van der Waals surface area (Å²) >= 11 is 0. The van der Waals surface area contributed by atoms with Crippen LogP contribution in [0.2, 0.25) is 0 Å². The van der Waals surface area contributed by atoms with E-state index in [-0.39, 0.29) is 12.0 Å². The Morgan fingerprint density at radius 3 is 2.70 bits per heavy atom. The molecule has 1 aliphatic rings. The molecule has 3 unspecified atom stereocenters. The molecule has 2 N–H and O–H groups in total. The average Bonchev–Trinajstić information content (AvgIpc) is 2.26. The van der Waals surface area contributed by atoms with Crippen molar-refractivity contribution in [3.63, 3.8) is 0 Å². The molecule has 0 aliphatic carbocycles. The second kappa shape index (κ2) is 6.91. The number of aliphatic hydroxyl groups is 1. The number of nitrogens with one attached hydrogen (secondary N) is 1. The Kier molecular flexibility index (Phi) is 5.78. The fourth-order valence-corrected chi connectivity index (χ4v) is 2.39. The van der Waals surface area contributed by atoms with Crippen molar-refractivity contribution < 1.29 is 14.6 Å². The highest BCUT2D eigenvalue weighted by molar-refractivity contribution is 5.68. The summed E-state index contributed by atoms with van der Waals surface area (Å²) in [6, 6.07) is 2.00. The maximum absolute atomic E-state index is 11.8. The number of aliphatic hydroxyl groups excluding tert-OH is 1. The molecule has 1 aliphatic heterocycles. The molecule has 3 atom stereocenters. The first-order valence-electron chi connectivity index (χ1n) is 6.98. The van der Waals surface area contributed by atoms with Crippen LogP contribution in [0, 0.1) is 17.2 Å². The number of piperidine rings is 1. The van der Waals surface area contributed by atoms with Crippen LogP contribution in [-0.4, -0.2) is 53.5 Å². The topological polar surface area (TPSA) is 85.6 Å². The van der Waals surface area contributed by atoms with E-state index in [0.29, 0.717) is 26.1 Å². The van der Waals surface area contributed by atoms with E-state index in [9.17, 15) is 9.90 Å². The third kappa shape index (κ3) is 5.76. The van der Waals surface area contributed by atoms with Gasteiger partial charge in [0.2, 0.25) is 0 Å². The van der Waals surface area contributed by atoms with Gasteiger partial charge in [-0.1, -0.05) is 0 Å². The Labute approximate surface area is 120 Å². The van der Waals surface area contributed by atoms with Gasteiger partial charge < -0.3 is 15.2 Å². The number of amides is 1. The molecule has 1 rings (SSSR count). The van der Waals surface area contributed by atoms with Crippen LogP contribution in [0.1, 0.15) is 34.1 Å². The summed E-state index contributed by atoms with van der Waals surface area (Å²) in [4.78, 5) is 13.7. The van der Waals surface area contributed by atoms with E-state index in [1.54, 1.807) is 6.92 Å². The van der Waals surface area contributed by atoms with E-state index >= 15 is 0 Å². The van der Waals surface area contributed by atoms with E-state index in [1.165, 1.54) is 0 Å². The molecule has 0 radical (unpaired) electrons. The minimum atomic E-state index is -0.533. The smallest absolute Gasteiger partial charge is 0.407 e. The van der Waals surface area contributed by atoms with Crippen molar-refractivity contribution in [2.24, 2.45) is 5.92 Å². The zero-order valence-corrected chi connectivity index (χ0v) is 12.7. The van der Waals surface area contributed by atoms with E-state index in [1.807, 2.05) is 25.7 Å². The molecule has 1 heterocycles. The lowest BCUT2D eigenvalue weighted by molar-refractivity contribution is 0.0327. The number of hydrogen-bond acceptors (Lipinski definition) is 5. The molecule has 0 bridgehead atoms. The summed E-state index contributed by atoms with van der Waals surface area (Å²) < 4.78 is 5.24. The molecule has 0 aromatic carbocycles. The lowest BCUT2D eigenvalue weighted by Gasteiger charge is -2.38. The summed E-state index contributed by atoms with van der Waals surface area (Å²) in [6.45, 7) is 8.77. The predicted octanol–water partition coefficient (Wildman–Crippen LogP) is 1.11. The molecule has 6 heteroatoms. The van der Waals surface area contributed by atoms with E-state index in [2.05, 4.69) is 11.4 Å². The van der Waals surface area contributed by atoms with Crippen molar-refractivity contribution in [3.05, 3.63) is 0 Å². The summed E-state index contributed by atoms with van der Waals surface area (Å²) in [7, 11) is 0. The number of nitriles is 1. The molecule has 0 aromatic rings. The highest BCUT2D eigenvalue weighted by Crippen LogP contribution is 2.20. The zero-order chi connectivity index (χ0) is 15.3. The minimum absolute atomic E-state index is 0.0528. The number of likely N-dealkylation sites (tertiary alicyclic amines) is 1. The molecule has 0 aromatic heterocycles. The second-order valence-electron chi connectivity index (χ2n) is 6.43. The molecule has 0 saturated carbocycles. The number of nitrogens with zero attached hydrogens (tertiary/aromatic N) is 2. The number of hydrogen-bond donors (Lipinski definition) is 2. The monoisotopic (exact) mass is 283 g/mol. The SMILES string of the molecule is CC(O)C1CC(NC(=O)OC(C)(C)C)CN(CC#N)C1. The van der Waals surface area contributed by atoms with Gasteiger partial charge in [0.05, 0.1) is 18.7 Å². The first-order valence-corrected chi connectivity index (χ1v) is 6.98. The van der Waals surface area contributed by atoms with Gasteiger partial charge in [-0.05, 0) is 40.0 Å². The molecule has 1 amide bonds. The summed E-state index contributed by atoms with van der Waals surface area (Å²) in [5, 5.41) is 21.4. The lowest BCUT2D eigenvalue weighted by atomic mass is 9.90. The van der Waals surface area contributed by atoms with E-state index < -0.39 is 17.8 Å². The van der Waals surface area contributed by atoms with Gasteiger partial charge in [-0.25, -0.2) is 4.79 Å². The highest BCUT2D eigenvalue weighted by Gasteiger charge is 2.31. The third-order valence-electron chi connectivity index (χ3n) is 3.26. The van der Waals surface area contributed by atoms with Crippen LogP contribution in [0.3, 0.4) is 0 Å². The highest BCUT2D eigenvalue weighted by atomic mass is 16.6. The van der Waals surface area contributed by atoms with Crippen molar-refractivity contribution in [2.45, 2.75) is 51.9 Å². The summed E-state index contributed by atoms with van der Waals surface area (Å²) in [5.41, 5.74) is -0.533. The molecule has 1 saturated heterocycles. The number of carbonyl (C=O) groups excluding carboxylic acids is 1. The fourth-order valence-electron chi connectivity index (χ4n) is 2.39. The minimum Gasteiger partial charge on any atom is -0.444 e. The molecule has 0 spiro atoms. The standard InChI is InChI=1S/C14H25N3O3/c1-10(18)11-7-12(9-17(8-11)6-5-15)16-13(19)20-14(2,3)4/h10-12,18H,6-9H2,1-4H3,(H,16,19). The molecular formula is C14H25N3O3. The Hall–Kier alpha value is -1.32. The summed E-state index contributed by atoms with van der Waals surface area (Å²) in [5.74, 6) is 0.0528. The van der Waals surface area contributed by atoms with Crippen molar-refractivity contribution in [1.29, 1.82) is 5.26 Å². The zero-order valence-electron chi connectivity index (χ0n) is 12.7. The van der Waals surface area contributed by atoms with Crippen LogP contribution in [0.4, 0.5) is 4.79 Å². The van der Waals surface area contributed by atoms with Crippen molar-refractivity contribution in [1.82, 2.24) is 10.2 Å². The number of alkyl carbamates (subject to hydrolysis) is 1. The van der Waals surface area contributed by atoms with Gasteiger partial charge in [-0.2, -0.15) is 5.26 Å². The van der Waals surface area contributed by atoms with Gasteiger partial charge in [0.15, 0.2) is 0 Å². The van der Waals surface area contributed by atoms with Crippen molar-refractivity contribution in [2.75, 3.05) is 19.6 Å². The molecule has 6 nitrogen and oxygen atoms in total. The quantitative estimate of drug-likeness (QED) is 0.758. The van der Waals surface area contributed by atoms with Crippen LogP contribution in [0.25, 0.3) is 0 Å². The number of ether oxygens (including phenoxy) is 1. The third-order valence-corrected chi connectivity index (χ3v) is 3.26. The lowest BCUT2D eigenvalue weighted by Crippen LogP contribution is -2.53. The average molecular weight is 283 g/mol. The van der Waals surface area contributed by atoms with Gasteiger partial charge in [0, 0.05) is 19.1 Å². The van der Waals surface area contributed by atoms with Crippen LogP contribution in [0.15, 0.2) is 0 Å². The van der Waals surface area contributed by atoms with Crippen molar-refractivity contribution >= 4 is 6.09 Å². The normalized spacial score (nSPS) is 25.6. The molecule has 114 valence electrons. The Morgan fingerprint density at radius 2 is 2.20 bits per heavy atom. The predicted molar refractivity (Wildman–Crippen MR) is 75.0 cm³/mol. The van der Waals surface area contributed by atoms with Crippen molar-refractivity contribution in [3.8, 4) is 6.07 Å². The van der Waals surface area contributed by atoms with Gasteiger partial charge in [0.25, 0.3) is 0 Å². The Morgan fingerprint density at radius 1 is 1.55 bits per heavy atom. The second-order valence-corrected chi connectivity index (χ2v) is 6.43. The van der Waals surface area contributed by atoms with E-state index in [4.69, 9.17) is 10.00 Å². The molecule has 20 heavy (non-hydrogen) atoms. The Balaban J connectivity index is 2.59. The van der Waals surface area contributed by atoms with Crippen LogP contribution in [0.5, 0.6) is 0 Å². The molecular weight excluding hydrogens is 258 g/mol. The van der Waals surface area contributed by atoms with Gasteiger partial charge in [-0.3, -0.25) is 4.90 Å². The number of carbonyl (C=O) groups is 1. The largest absolute Gasteiger partial charge is 0.444 e. The van der Waals surface area contributed by atoms with E-state index in [0.717, 1.165) is 0 Å². The molecule has 1 fully saturated rings. The van der Waals surface area contributed by atoms with Gasteiger partial charge in [0.1, 0.15) is 5.60 Å². The van der Waals surface area contributed by atoms with Gasteiger partial charge in [-0.15, -0.1) is 0 Å². The van der Waals surface area contributed by atoms with Crippen LogP contribution in [-0.2, 0) is 4.74 Å². The first kappa shape index (κ1) is 16.7.